The number of thiophene rings is 4. The molecule has 0 unspecified atom stereocenters. The van der Waals surface area contributed by atoms with Gasteiger partial charge in [0.2, 0.25) is 0 Å². The average Bonchev–Trinajstić information content (AvgIpc) is 0.778. The Labute approximate surface area is 614 Å². The number of benzene rings is 6. The maximum absolute atomic E-state index is 13.8. The molecule has 1 aliphatic rings. The number of unbranched alkanes of at least 4 members (excludes halogenated alkanes) is 12. The first kappa shape index (κ1) is 72.5. The lowest BCUT2D eigenvalue weighted by atomic mass is 9.87. The van der Waals surface area contributed by atoms with Gasteiger partial charge in [0, 0.05) is 72.9 Å². The van der Waals surface area contributed by atoms with Crippen LogP contribution in [0.15, 0.2) is 161 Å². The Kier molecular flexibility index (Phi) is 26.2. The number of hydrogen-bond donors (Lipinski definition) is 2. The molecule has 0 aliphatic carbocycles. The molecule has 2 amide bonds. The van der Waals surface area contributed by atoms with Crippen molar-refractivity contribution in [2.24, 2.45) is 0 Å². The number of thiocarbonyl (C=S) groups is 2. The average molecular weight is 1450 g/mol. The molecule has 0 saturated carbocycles. The highest BCUT2D eigenvalue weighted by Crippen LogP contribution is 2.53. The maximum Gasteiger partial charge on any atom is 0.323 e. The topological polar surface area (TPSA) is 90.0 Å². The molecule has 11 rings (SSSR count). The molecule has 1 aliphatic heterocycles. The van der Waals surface area contributed by atoms with Gasteiger partial charge in [0.05, 0.1) is 15.5 Å². The van der Waals surface area contributed by atoms with Gasteiger partial charge in [-0.25, -0.2) is 0 Å². The van der Waals surface area contributed by atoms with Gasteiger partial charge in [0.15, 0.2) is 0 Å². The van der Waals surface area contributed by atoms with Crippen molar-refractivity contribution in [1.82, 2.24) is 10.2 Å². The van der Waals surface area contributed by atoms with E-state index in [2.05, 4.69) is 190 Å². The second-order valence-corrected chi connectivity index (χ2v) is 32.9. The van der Waals surface area contributed by atoms with Crippen molar-refractivity contribution < 1.29 is 19.5 Å². The third-order valence-corrected chi connectivity index (χ3v) is 25.3. The first-order valence-electron chi connectivity index (χ1n) is 34.9. The number of carbonyl (C=O) groups is 3. The summed E-state index contributed by atoms with van der Waals surface area (Å²) in [5, 5.41) is 17.1. The summed E-state index contributed by atoms with van der Waals surface area (Å²) in [4.78, 5) is 53.0. The van der Waals surface area contributed by atoms with Gasteiger partial charge in [0.25, 0.3) is 11.8 Å². The molecule has 4 aromatic heterocycles. The van der Waals surface area contributed by atoms with Crippen LogP contribution in [-0.4, -0.2) is 50.4 Å². The fourth-order valence-electron chi connectivity index (χ4n) is 13.3. The largest absolute Gasteiger partial charge is 0.480 e. The van der Waals surface area contributed by atoms with Crippen LogP contribution in [0.5, 0.6) is 0 Å². The first-order chi connectivity index (χ1) is 47.9. The van der Waals surface area contributed by atoms with Gasteiger partial charge in [-0.1, -0.05) is 244 Å². The second kappa shape index (κ2) is 35.5. The van der Waals surface area contributed by atoms with Crippen molar-refractivity contribution >= 4 is 171 Å². The van der Waals surface area contributed by atoms with E-state index in [0.717, 1.165) is 132 Å². The molecule has 1 saturated heterocycles. The minimum absolute atomic E-state index is 0.125. The first-order valence-corrected chi connectivity index (χ1v) is 40.8. The lowest BCUT2D eigenvalue weighted by Crippen LogP contribution is -2.32. The Bertz CT molecular complexity index is 4460. The summed E-state index contributed by atoms with van der Waals surface area (Å²) in [6.07, 6.45) is 26.2. The van der Waals surface area contributed by atoms with E-state index < -0.39 is 12.5 Å². The quantitative estimate of drug-likeness (QED) is 0.0174. The van der Waals surface area contributed by atoms with Crippen LogP contribution in [0.3, 0.4) is 0 Å². The fourth-order valence-corrected chi connectivity index (χ4v) is 20.3. The number of anilines is 3. The zero-order valence-electron chi connectivity index (χ0n) is 56.8. The molecule has 6 aromatic carbocycles. The van der Waals surface area contributed by atoms with Crippen molar-refractivity contribution in [3.05, 3.63) is 193 Å². The predicted molar refractivity (Wildman–Crippen MR) is 437 cm³/mol. The van der Waals surface area contributed by atoms with Crippen LogP contribution in [0, 0.1) is 0 Å². The number of thioether (sulfide) groups is 2. The standard InChI is InChI=1S/C83H87N3O4S8/c1-6-10-14-21-33-56-45-64(51-72-81(89)84-83(92)98-72)94-79(56)70-49-58(35-23-16-12-8-3)77(96-70)60-41-43-66-68(47-60)75(55-31-25-18-26-32-55)69-48-61(42-44-67(69)76(66)86(62-37-27-19-28-38-62)63-39-29-20-30-40-63)78-59(36-24-17-13-9-4)50-71(97-78)80-57(34-22-15-11-7-2)46-65(95-80)52-73(93-54-91)82(90)85(5)53-74(87)88/h18-20,25-32,37-52,54H,6-17,21-24,33-36,53H2,1-5H3,(H,87,88)(H,84,89,92)/b72-51+,73-52+. The third-order valence-electron chi connectivity index (χ3n) is 18.1. The van der Waals surface area contributed by atoms with Gasteiger partial charge < -0.3 is 20.2 Å². The number of para-hydroxylation sites is 2. The molecule has 1 fully saturated rings. The van der Waals surface area contributed by atoms with Crippen LogP contribution < -0.4 is 10.2 Å². The molecule has 506 valence electrons. The van der Waals surface area contributed by atoms with Crippen LogP contribution >= 0.6 is 93.3 Å². The van der Waals surface area contributed by atoms with Crippen LogP contribution in [0.25, 0.3) is 85.2 Å². The number of likely N-dealkylation sites (N-methyl/N-ethyl adjacent to an activating group) is 1. The van der Waals surface area contributed by atoms with E-state index in [-0.39, 0.29) is 11.8 Å². The highest BCUT2D eigenvalue weighted by molar-refractivity contribution is 8.27. The van der Waals surface area contributed by atoms with Gasteiger partial charge in [0.1, 0.15) is 10.9 Å². The van der Waals surface area contributed by atoms with Crippen molar-refractivity contribution in [2.75, 3.05) is 18.5 Å². The van der Waals surface area contributed by atoms with Crippen molar-refractivity contribution in [2.45, 2.75) is 156 Å². The number of aryl methyl sites for hydroxylation is 4. The number of nitrogens with one attached hydrogen (secondary N) is 1. The van der Waals surface area contributed by atoms with Gasteiger partial charge in [-0.15, -0.1) is 45.3 Å². The van der Waals surface area contributed by atoms with E-state index in [9.17, 15) is 19.5 Å². The van der Waals surface area contributed by atoms with E-state index in [1.165, 1.54) is 159 Å². The Hall–Kier alpha value is -6.79. The monoisotopic (exact) mass is 1450 g/mol. The van der Waals surface area contributed by atoms with Gasteiger partial charge in [-0.3, -0.25) is 14.4 Å². The summed E-state index contributed by atoms with van der Waals surface area (Å²) < 4.78 is 1.98. The van der Waals surface area contributed by atoms with Gasteiger partial charge in [-0.2, -0.15) is 0 Å². The van der Waals surface area contributed by atoms with Crippen molar-refractivity contribution in [1.29, 1.82) is 0 Å². The van der Waals surface area contributed by atoms with E-state index in [1.54, 1.807) is 22.7 Å². The predicted octanol–water partition coefficient (Wildman–Crippen LogP) is 25.6. The summed E-state index contributed by atoms with van der Waals surface area (Å²) >= 11 is 20.6. The summed E-state index contributed by atoms with van der Waals surface area (Å²) in [5.41, 5.74) is 13.3. The Morgan fingerprint density at radius 1 is 0.520 bits per heavy atom. The Morgan fingerprint density at radius 3 is 1.41 bits per heavy atom. The fraction of sp³-hybridized carbons (Fsp3) is 0.313. The number of aliphatic carboxylic acids is 1. The number of carboxylic acids is 1. The Morgan fingerprint density at radius 2 is 0.969 bits per heavy atom. The van der Waals surface area contributed by atoms with Crippen LogP contribution in [0.4, 0.5) is 17.1 Å². The number of nitrogens with zero attached hydrogens (tertiary/aromatic N) is 2. The SMILES string of the molecule is CCCCCCc1cc(-c2sc(/C=C3/SC(=S)NC3=O)cc2CCCCCC)sc1-c1ccc2c(N(c3ccccc3)c3ccccc3)c3ccc(-c4sc(-c5sc(/C=C(/SC=S)C(=O)N(C)CC(=O)O)cc5CCCCCC)cc4CCCCCC)cc3c(-c3ccccc3)c2c1. The summed E-state index contributed by atoms with van der Waals surface area (Å²) in [6.45, 7) is 8.67. The zero-order chi connectivity index (χ0) is 68.5. The molecule has 10 aromatic rings. The van der Waals surface area contributed by atoms with E-state index in [4.69, 9.17) is 24.4 Å². The number of rotatable bonds is 35. The Balaban J connectivity index is 1.15. The second-order valence-electron chi connectivity index (χ2n) is 25.4. The molecule has 0 atom stereocenters. The van der Waals surface area contributed by atoms with Crippen LogP contribution in [0.2, 0.25) is 0 Å². The maximum atomic E-state index is 13.8. The van der Waals surface area contributed by atoms with Crippen LogP contribution in [0.1, 0.15) is 162 Å². The van der Waals surface area contributed by atoms with Crippen molar-refractivity contribution in [3.8, 4) is 51.5 Å². The molecular formula is C83H87N3O4S8. The highest BCUT2D eigenvalue weighted by Gasteiger charge is 2.28. The number of carboxylic acid groups (broad SMARTS) is 1. The van der Waals surface area contributed by atoms with Crippen LogP contribution in [-0.2, 0) is 40.1 Å². The summed E-state index contributed by atoms with van der Waals surface area (Å²) in [7, 11) is 1.53. The summed E-state index contributed by atoms with van der Waals surface area (Å²) in [6, 6.07) is 56.9. The summed E-state index contributed by atoms with van der Waals surface area (Å²) in [5.74, 6) is -1.56. The van der Waals surface area contributed by atoms with E-state index in [0.29, 0.717) is 14.1 Å². The minimum Gasteiger partial charge on any atom is -0.480 e. The number of amides is 2. The third kappa shape index (κ3) is 17.7. The lowest BCUT2D eigenvalue weighted by Gasteiger charge is -2.30. The zero-order valence-corrected chi connectivity index (χ0v) is 63.4. The molecule has 2 N–H and O–H groups in total. The smallest absolute Gasteiger partial charge is 0.323 e. The molecule has 98 heavy (non-hydrogen) atoms. The van der Waals surface area contributed by atoms with Gasteiger partial charge in [-0.05, 0) is 179 Å². The normalized spacial score (nSPS) is 12.9. The molecule has 0 bridgehead atoms. The lowest BCUT2D eigenvalue weighted by molar-refractivity contribution is -0.141. The number of carbonyl (C=O) groups excluding carboxylic acids is 2. The number of hydrogen-bond acceptors (Lipinski definition) is 12. The van der Waals surface area contributed by atoms with E-state index in [1.807, 2.05) is 34.8 Å². The minimum atomic E-state index is -1.07. The molecule has 0 spiro atoms. The van der Waals surface area contributed by atoms with E-state index >= 15 is 0 Å². The number of fused-ring (bicyclic) bond motifs is 2. The molecule has 0 radical (unpaired) electrons. The molecular weight excluding hydrogens is 1360 g/mol. The van der Waals surface area contributed by atoms with Crippen molar-refractivity contribution in [3.63, 3.8) is 0 Å². The molecule has 5 heterocycles. The highest BCUT2D eigenvalue weighted by atomic mass is 32.2. The molecule has 7 nitrogen and oxygen atoms in total. The van der Waals surface area contributed by atoms with Gasteiger partial charge >= 0.3 is 5.97 Å². The molecule has 15 heteroatoms.